The second-order valence-electron chi connectivity index (χ2n) is 7.71. The minimum absolute atomic E-state index is 0.338. The fourth-order valence-corrected chi connectivity index (χ4v) is 2.52. The molecule has 130 valence electrons. The van der Waals surface area contributed by atoms with Gasteiger partial charge in [0.25, 0.3) is 0 Å². The molecule has 0 bridgehead atoms. The van der Waals surface area contributed by atoms with Crippen molar-refractivity contribution in [2.24, 2.45) is 17.8 Å². The van der Waals surface area contributed by atoms with Crippen LogP contribution in [-0.2, 0) is 9.47 Å². The molecule has 5 heteroatoms. The van der Waals surface area contributed by atoms with Crippen LogP contribution < -0.4 is 10.6 Å². The van der Waals surface area contributed by atoms with Gasteiger partial charge in [-0.3, -0.25) is 0 Å². The van der Waals surface area contributed by atoms with Gasteiger partial charge in [0.15, 0.2) is 0 Å². The number of hydrogen-bond donors (Lipinski definition) is 2. The lowest BCUT2D eigenvalue weighted by Gasteiger charge is -2.27. The summed E-state index contributed by atoms with van der Waals surface area (Å²) in [4.78, 5) is 11.8. The summed E-state index contributed by atoms with van der Waals surface area (Å²) in [6.45, 7) is 15.5. The van der Waals surface area contributed by atoms with Crippen molar-refractivity contribution in [3.63, 3.8) is 0 Å². The Hall–Kier alpha value is -0.810. The molecule has 1 aliphatic heterocycles. The third-order valence-electron chi connectivity index (χ3n) is 4.22. The summed E-state index contributed by atoms with van der Waals surface area (Å²) in [5.74, 6) is 1.48. The normalized spacial score (nSPS) is 21.7. The number of rotatable bonds is 7. The molecule has 1 heterocycles. The lowest BCUT2D eigenvalue weighted by Crippen LogP contribution is -2.43. The first-order valence-electron chi connectivity index (χ1n) is 8.47. The van der Waals surface area contributed by atoms with Crippen molar-refractivity contribution in [2.45, 2.75) is 59.6 Å². The van der Waals surface area contributed by atoms with Crippen LogP contribution in [0.25, 0.3) is 0 Å². The molecular weight excluding hydrogens is 280 g/mol. The van der Waals surface area contributed by atoms with E-state index in [1.165, 1.54) is 0 Å². The van der Waals surface area contributed by atoms with Crippen LogP contribution in [0.3, 0.4) is 0 Å². The highest BCUT2D eigenvalue weighted by Gasteiger charge is 2.24. The van der Waals surface area contributed by atoms with E-state index in [0.717, 1.165) is 26.2 Å². The van der Waals surface area contributed by atoms with Crippen LogP contribution in [0.4, 0.5) is 4.79 Å². The van der Waals surface area contributed by atoms with Gasteiger partial charge in [0.1, 0.15) is 5.60 Å². The molecule has 2 N–H and O–H groups in total. The summed E-state index contributed by atoms with van der Waals surface area (Å²) in [5, 5.41) is 6.49. The number of amides is 1. The topological polar surface area (TPSA) is 59.6 Å². The van der Waals surface area contributed by atoms with Crippen LogP contribution in [-0.4, -0.2) is 44.0 Å². The highest BCUT2D eigenvalue weighted by molar-refractivity contribution is 5.67. The zero-order chi connectivity index (χ0) is 16.8. The number of ether oxygens (including phenoxy) is 2. The van der Waals surface area contributed by atoms with Crippen LogP contribution in [0.2, 0.25) is 0 Å². The Balaban J connectivity index is 2.33. The SMILES string of the molecule is CC(C)C(CNC(=O)OC(C)(C)C)CNC(C)C1CCOC1. The van der Waals surface area contributed by atoms with E-state index in [0.29, 0.717) is 30.3 Å². The molecule has 1 rings (SSSR count). The second-order valence-corrected chi connectivity index (χ2v) is 7.71. The molecule has 0 aromatic heterocycles. The van der Waals surface area contributed by atoms with Gasteiger partial charge in [-0.25, -0.2) is 4.79 Å². The first-order valence-corrected chi connectivity index (χ1v) is 8.47. The first kappa shape index (κ1) is 19.2. The Morgan fingerprint density at radius 3 is 2.45 bits per heavy atom. The van der Waals surface area contributed by atoms with Crippen molar-refractivity contribution >= 4 is 6.09 Å². The van der Waals surface area contributed by atoms with Crippen molar-refractivity contribution < 1.29 is 14.3 Å². The van der Waals surface area contributed by atoms with E-state index < -0.39 is 5.60 Å². The largest absolute Gasteiger partial charge is 0.444 e. The maximum Gasteiger partial charge on any atom is 0.407 e. The molecule has 3 atom stereocenters. The third kappa shape index (κ3) is 7.45. The van der Waals surface area contributed by atoms with Crippen LogP contribution in [0, 0.1) is 17.8 Å². The van der Waals surface area contributed by atoms with Crippen molar-refractivity contribution in [1.82, 2.24) is 10.6 Å². The van der Waals surface area contributed by atoms with E-state index in [1.807, 2.05) is 20.8 Å². The fraction of sp³-hybridized carbons (Fsp3) is 0.941. The number of carbonyl (C=O) groups excluding carboxylic acids is 1. The van der Waals surface area contributed by atoms with Gasteiger partial charge in [0, 0.05) is 25.7 Å². The summed E-state index contributed by atoms with van der Waals surface area (Å²) < 4.78 is 10.7. The van der Waals surface area contributed by atoms with E-state index in [1.54, 1.807) is 0 Å². The van der Waals surface area contributed by atoms with Gasteiger partial charge < -0.3 is 20.1 Å². The fourth-order valence-electron chi connectivity index (χ4n) is 2.52. The summed E-state index contributed by atoms with van der Waals surface area (Å²) in [6.07, 6.45) is 0.798. The number of carbonyl (C=O) groups is 1. The second kappa shape index (κ2) is 8.73. The quantitative estimate of drug-likeness (QED) is 0.758. The Kier molecular flexibility index (Phi) is 7.63. The molecular formula is C17H34N2O3. The van der Waals surface area contributed by atoms with E-state index in [-0.39, 0.29) is 6.09 Å². The van der Waals surface area contributed by atoms with E-state index >= 15 is 0 Å². The van der Waals surface area contributed by atoms with Gasteiger partial charge in [-0.05, 0) is 51.9 Å². The molecule has 0 aromatic rings. The van der Waals surface area contributed by atoms with E-state index in [2.05, 4.69) is 31.4 Å². The van der Waals surface area contributed by atoms with Crippen molar-refractivity contribution in [2.75, 3.05) is 26.3 Å². The molecule has 0 aliphatic carbocycles. The van der Waals surface area contributed by atoms with Crippen molar-refractivity contribution in [3.05, 3.63) is 0 Å². The molecule has 1 fully saturated rings. The van der Waals surface area contributed by atoms with E-state index in [4.69, 9.17) is 9.47 Å². The molecule has 0 aromatic carbocycles. The van der Waals surface area contributed by atoms with Gasteiger partial charge in [-0.2, -0.15) is 0 Å². The third-order valence-corrected chi connectivity index (χ3v) is 4.22. The summed E-state index contributed by atoms with van der Waals surface area (Å²) in [7, 11) is 0. The maximum absolute atomic E-state index is 11.8. The lowest BCUT2D eigenvalue weighted by atomic mass is 9.94. The number of hydrogen-bond acceptors (Lipinski definition) is 4. The highest BCUT2D eigenvalue weighted by atomic mass is 16.6. The minimum atomic E-state index is -0.452. The summed E-state index contributed by atoms with van der Waals surface area (Å²) in [5.41, 5.74) is -0.452. The lowest BCUT2D eigenvalue weighted by molar-refractivity contribution is 0.0514. The maximum atomic E-state index is 11.8. The predicted molar refractivity (Wildman–Crippen MR) is 89.0 cm³/mol. The van der Waals surface area contributed by atoms with Gasteiger partial charge in [0.2, 0.25) is 0 Å². The van der Waals surface area contributed by atoms with Crippen molar-refractivity contribution in [3.8, 4) is 0 Å². The molecule has 5 nitrogen and oxygen atoms in total. The standard InChI is InChI=1S/C17H34N2O3/c1-12(2)15(10-19-16(20)22-17(4,5)6)9-18-13(3)14-7-8-21-11-14/h12-15,18H,7-11H2,1-6H3,(H,19,20). The van der Waals surface area contributed by atoms with Crippen LogP contribution in [0.5, 0.6) is 0 Å². The average Bonchev–Trinajstić information content (AvgIpc) is 2.89. The molecule has 3 unspecified atom stereocenters. The minimum Gasteiger partial charge on any atom is -0.444 e. The zero-order valence-electron chi connectivity index (χ0n) is 15.1. The molecule has 1 amide bonds. The number of alkyl carbamates (subject to hydrolysis) is 1. The van der Waals surface area contributed by atoms with Gasteiger partial charge >= 0.3 is 6.09 Å². The average molecular weight is 314 g/mol. The molecule has 22 heavy (non-hydrogen) atoms. The van der Waals surface area contributed by atoms with Crippen LogP contribution >= 0.6 is 0 Å². The Morgan fingerprint density at radius 1 is 1.27 bits per heavy atom. The Labute approximate surface area is 135 Å². The molecule has 0 saturated carbocycles. The monoisotopic (exact) mass is 314 g/mol. The van der Waals surface area contributed by atoms with Gasteiger partial charge in [-0.15, -0.1) is 0 Å². The molecule has 1 saturated heterocycles. The van der Waals surface area contributed by atoms with Gasteiger partial charge in [-0.1, -0.05) is 13.8 Å². The first-order chi connectivity index (χ1) is 10.2. The van der Waals surface area contributed by atoms with Gasteiger partial charge in [0.05, 0.1) is 6.61 Å². The van der Waals surface area contributed by atoms with E-state index in [9.17, 15) is 4.79 Å². The Bertz CT molecular complexity index is 333. The smallest absolute Gasteiger partial charge is 0.407 e. The highest BCUT2D eigenvalue weighted by Crippen LogP contribution is 2.17. The van der Waals surface area contributed by atoms with Crippen LogP contribution in [0.1, 0.15) is 48.0 Å². The number of nitrogens with one attached hydrogen (secondary N) is 2. The summed E-state index contributed by atoms with van der Waals surface area (Å²) in [6, 6.07) is 0.449. The molecule has 0 radical (unpaired) electrons. The van der Waals surface area contributed by atoms with Crippen LogP contribution in [0.15, 0.2) is 0 Å². The summed E-state index contributed by atoms with van der Waals surface area (Å²) >= 11 is 0. The zero-order valence-corrected chi connectivity index (χ0v) is 15.1. The predicted octanol–water partition coefficient (Wildman–Crippen LogP) is 2.80. The molecule has 0 spiro atoms. The van der Waals surface area contributed by atoms with Crippen molar-refractivity contribution in [1.29, 1.82) is 0 Å². The molecule has 1 aliphatic rings. The Morgan fingerprint density at radius 2 is 1.95 bits per heavy atom.